The van der Waals surface area contributed by atoms with Crippen LogP contribution >= 0.6 is 0 Å². The quantitative estimate of drug-likeness (QED) is 0.900. The van der Waals surface area contributed by atoms with E-state index in [0.717, 1.165) is 28.6 Å². The number of benzene rings is 1. The molecule has 2 heterocycles. The summed E-state index contributed by atoms with van der Waals surface area (Å²) in [7, 11) is 0. The van der Waals surface area contributed by atoms with Crippen LogP contribution in [0.2, 0.25) is 0 Å². The summed E-state index contributed by atoms with van der Waals surface area (Å²) in [4.78, 5) is 8.85. The van der Waals surface area contributed by atoms with Crippen molar-refractivity contribution in [3.05, 3.63) is 42.4 Å². The molecule has 5 heteroatoms. The second-order valence-corrected chi connectivity index (χ2v) is 6.73. The standard InChI is InChI=1S/C19H23N5/c1-2-4-14(5-3-1)10-17-11-21-18(12-20-17)15-6-8-16(9-7-15)19-22-13-23-24-19/h6-9,11-14,17,20H,1-5,10H2,(H,22,23,24)/t17-/m1/s1. The van der Waals surface area contributed by atoms with Gasteiger partial charge in [-0.3, -0.25) is 10.1 Å². The van der Waals surface area contributed by atoms with Crippen LogP contribution in [-0.4, -0.2) is 27.4 Å². The van der Waals surface area contributed by atoms with E-state index in [4.69, 9.17) is 0 Å². The lowest BCUT2D eigenvalue weighted by molar-refractivity contribution is 0.327. The molecule has 2 N–H and O–H groups in total. The first-order valence-corrected chi connectivity index (χ1v) is 8.85. The van der Waals surface area contributed by atoms with Gasteiger partial charge in [-0.05, 0) is 12.3 Å². The molecule has 124 valence electrons. The number of nitrogens with one attached hydrogen (secondary N) is 2. The smallest absolute Gasteiger partial charge is 0.155 e. The highest BCUT2D eigenvalue weighted by molar-refractivity contribution is 5.79. The van der Waals surface area contributed by atoms with Gasteiger partial charge in [-0.2, -0.15) is 5.10 Å². The van der Waals surface area contributed by atoms with Gasteiger partial charge in [0.2, 0.25) is 0 Å². The highest BCUT2D eigenvalue weighted by Gasteiger charge is 2.19. The number of nitrogens with zero attached hydrogens (tertiary/aromatic N) is 3. The van der Waals surface area contributed by atoms with E-state index in [1.807, 2.05) is 12.1 Å². The largest absolute Gasteiger partial charge is 0.381 e. The maximum Gasteiger partial charge on any atom is 0.155 e. The van der Waals surface area contributed by atoms with Gasteiger partial charge in [-0.1, -0.05) is 56.4 Å². The first kappa shape index (κ1) is 15.1. The summed E-state index contributed by atoms with van der Waals surface area (Å²) in [5, 5.41) is 10.3. The third-order valence-corrected chi connectivity index (χ3v) is 5.01. The molecule has 0 saturated heterocycles. The van der Waals surface area contributed by atoms with E-state index in [0.29, 0.717) is 6.04 Å². The molecular weight excluding hydrogens is 298 g/mol. The van der Waals surface area contributed by atoms with Crippen molar-refractivity contribution >= 4 is 11.9 Å². The molecule has 0 unspecified atom stereocenters. The van der Waals surface area contributed by atoms with Crippen molar-refractivity contribution in [2.75, 3.05) is 0 Å². The summed E-state index contributed by atoms with van der Waals surface area (Å²) >= 11 is 0. The van der Waals surface area contributed by atoms with Crippen molar-refractivity contribution in [1.82, 2.24) is 20.5 Å². The minimum Gasteiger partial charge on any atom is -0.381 e. The molecule has 0 spiro atoms. The lowest BCUT2D eigenvalue weighted by atomic mass is 9.85. The van der Waals surface area contributed by atoms with Crippen LogP contribution in [0.25, 0.3) is 17.1 Å². The van der Waals surface area contributed by atoms with Gasteiger partial charge in [-0.15, -0.1) is 0 Å². The summed E-state index contributed by atoms with van der Waals surface area (Å²) in [6.07, 6.45) is 13.8. The Hall–Kier alpha value is -2.43. The minimum atomic E-state index is 0.380. The molecule has 1 saturated carbocycles. The molecule has 0 bridgehead atoms. The molecule has 1 aliphatic carbocycles. The first-order valence-electron chi connectivity index (χ1n) is 8.85. The van der Waals surface area contributed by atoms with E-state index in [-0.39, 0.29) is 0 Å². The Morgan fingerprint density at radius 1 is 1.00 bits per heavy atom. The van der Waals surface area contributed by atoms with E-state index < -0.39 is 0 Å². The van der Waals surface area contributed by atoms with E-state index >= 15 is 0 Å². The van der Waals surface area contributed by atoms with E-state index in [2.05, 4.69) is 50.0 Å². The average molecular weight is 321 g/mol. The molecule has 1 aromatic carbocycles. The molecule has 1 aromatic heterocycles. The fourth-order valence-electron chi connectivity index (χ4n) is 3.65. The third-order valence-electron chi connectivity index (χ3n) is 5.01. The van der Waals surface area contributed by atoms with Crippen molar-refractivity contribution in [2.24, 2.45) is 10.9 Å². The van der Waals surface area contributed by atoms with Crippen LogP contribution in [0.1, 0.15) is 44.1 Å². The molecular formula is C19H23N5. The highest BCUT2D eigenvalue weighted by Crippen LogP contribution is 2.28. The van der Waals surface area contributed by atoms with Crippen molar-refractivity contribution in [1.29, 1.82) is 0 Å². The zero-order valence-corrected chi connectivity index (χ0v) is 13.8. The molecule has 2 aromatic rings. The number of hydrogen-bond acceptors (Lipinski definition) is 4. The van der Waals surface area contributed by atoms with Gasteiger partial charge < -0.3 is 5.32 Å². The third kappa shape index (κ3) is 3.40. The molecule has 1 fully saturated rings. The van der Waals surface area contributed by atoms with Crippen LogP contribution in [0.5, 0.6) is 0 Å². The van der Waals surface area contributed by atoms with Gasteiger partial charge in [-0.25, -0.2) is 4.98 Å². The molecule has 2 aliphatic rings. The second kappa shape index (κ2) is 6.99. The summed E-state index contributed by atoms with van der Waals surface area (Å²) in [6, 6.07) is 8.61. The minimum absolute atomic E-state index is 0.380. The molecule has 4 rings (SSSR count). The molecule has 0 amide bonds. The van der Waals surface area contributed by atoms with Crippen LogP contribution in [0.3, 0.4) is 0 Å². The molecule has 5 nitrogen and oxygen atoms in total. The topological polar surface area (TPSA) is 66.0 Å². The fraction of sp³-hybridized carbons (Fsp3) is 0.421. The van der Waals surface area contributed by atoms with Crippen LogP contribution in [0.4, 0.5) is 0 Å². The van der Waals surface area contributed by atoms with E-state index in [9.17, 15) is 0 Å². The summed E-state index contributed by atoms with van der Waals surface area (Å²) in [6.45, 7) is 0. The molecule has 1 aliphatic heterocycles. The Labute approximate surface area is 142 Å². The number of H-pyrrole nitrogens is 1. The molecule has 0 radical (unpaired) electrons. The van der Waals surface area contributed by atoms with Gasteiger partial charge in [0.05, 0.1) is 11.7 Å². The zero-order chi connectivity index (χ0) is 16.2. The van der Waals surface area contributed by atoms with E-state index in [1.165, 1.54) is 44.9 Å². The average Bonchev–Trinajstić information content (AvgIpc) is 3.18. The van der Waals surface area contributed by atoms with Crippen LogP contribution in [0, 0.1) is 5.92 Å². The van der Waals surface area contributed by atoms with Gasteiger partial charge in [0.15, 0.2) is 5.82 Å². The number of rotatable bonds is 4. The molecule has 1 atom stereocenters. The number of hydrogen-bond donors (Lipinski definition) is 2. The Bertz CT molecular complexity index is 709. The van der Waals surface area contributed by atoms with Crippen LogP contribution in [-0.2, 0) is 0 Å². The SMILES string of the molecule is C1=NC(c2ccc(-c3ncn[nH]3)cc2)=CN[C@@H]1CC1CCCCC1. The maximum atomic E-state index is 4.68. The number of aromatic nitrogens is 3. The van der Waals surface area contributed by atoms with Crippen molar-refractivity contribution < 1.29 is 0 Å². The van der Waals surface area contributed by atoms with Crippen molar-refractivity contribution in [2.45, 2.75) is 44.6 Å². The lowest BCUT2D eigenvalue weighted by Crippen LogP contribution is -2.31. The van der Waals surface area contributed by atoms with Gasteiger partial charge in [0.25, 0.3) is 0 Å². The predicted molar refractivity (Wildman–Crippen MR) is 96.4 cm³/mol. The summed E-state index contributed by atoms with van der Waals surface area (Å²) in [5.74, 6) is 1.65. The summed E-state index contributed by atoms with van der Waals surface area (Å²) < 4.78 is 0. The summed E-state index contributed by atoms with van der Waals surface area (Å²) in [5.41, 5.74) is 3.12. The fourth-order valence-corrected chi connectivity index (χ4v) is 3.65. The van der Waals surface area contributed by atoms with Crippen molar-refractivity contribution in [3.63, 3.8) is 0 Å². The lowest BCUT2D eigenvalue weighted by Gasteiger charge is -2.26. The predicted octanol–water partition coefficient (Wildman–Crippen LogP) is 3.78. The Balaban J connectivity index is 1.38. The monoisotopic (exact) mass is 321 g/mol. The Morgan fingerprint density at radius 2 is 1.79 bits per heavy atom. The van der Waals surface area contributed by atoms with Gasteiger partial charge in [0, 0.05) is 23.5 Å². The van der Waals surface area contributed by atoms with Crippen LogP contribution < -0.4 is 5.32 Å². The zero-order valence-electron chi connectivity index (χ0n) is 13.8. The van der Waals surface area contributed by atoms with Crippen LogP contribution in [0.15, 0.2) is 41.8 Å². The Morgan fingerprint density at radius 3 is 2.46 bits per heavy atom. The highest BCUT2D eigenvalue weighted by atomic mass is 15.2. The normalized spacial score (nSPS) is 21.3. The number of aliphatic imine (C=N–C) groups is 1. The van der Waals surface area contributed by atoms with Gasteiger partial charge >= 0.3 is 0 Å². The van der Waals surface area contributed by atoms with Crippen molar-refractivity contribution in [3.8, 4) is 11.4 Å². The van der Waals surface area contributed by atoms with E-state index in [1.54, 1.807) is 0 Å². The van der Waals surface area contributed by atoms with Gasteiger partial charge in [0.1, 0.15) is 6.33 Å². The maximum absolute atomic E-state index is 4.68. The Kier molecular flexibility index (Phi) is 4.40. The first-order chi connectivity index (χ1) is 11.9. The second-order valence-electron chi connectivity index (χ2n) is 6.73. The number of aromatic amines is 1. The molecule has 24 heavy (non-hydrogen) atoms.